The Bertz CT molecular complexity index is 446. The Hall–Kier alpha value is -1.38. The number of hydrogen-bond acceptors (Lipinski definition) is 3. The van der Waals surface area contributed by atoms with Crippen LogP contribution in [0, 0.1) is 0 Å². The second-order valence-corrected chi connectivity index (χ2v) is 6.67. The van der Waals surface area contributed by atoms with E-state index in [0.29, 0.717) is 12.8 Å². The molecule has 0 N–H and O–H groups in total. The Morgan fingerprint density at radius 2 is 1.79 bits per heavy atom. The first kappa shape index (κ1) is 20.7. The van der Waals surface area contributed by atoms with E-state index < -0.39 is 0 Å². The number of rotatable bonds is 13. The average molecular weight is 335 g/mol. The first-order chi connectivity index (χ1) is 11.7. The van der Waals surface area contributed by atoms with Crippen molar-refractivity contribution in [1.29, 1.82) is 0 Å². The van der Waals surface area contributed by atoms with Crippen LogP contribution in [0.4, 0.5) is 0 Å². The van der Waals surface area contributed by atoms with Gasteiger partial charge in [-0.1, -0.05) is 57.6 Å². The highest BCUT2D eigenvalue weighted by molar-refractivity contribution is 6.03. The average Bonchev–Trinajstić information content (AvgIpc) is 2.94. The summed E-state index contributed by atoms with van der Waals surface area (Å²) >= 11 is 0. The van der Waals surface area contributed by atoms with Crippen molar-refractivity contribution < 1.29 is 14.3 Å². The molecular formula is C21H34O3. The smallest absolute Gasteiger partial charge is 0.305 e. The monoisotopic (exact) mass is 334 g/mol. The Balaban J connectivity index is 2.22. The van der Waals surface area contributed by atoms with Crippen molar-refractivity contribution in [3.63, 3.8) is 0 Å². The Morgan fingerprint density at radius 1 is 1.08 bits per heavy atom. The fraction of sp³-hybridized carbons (Fsp3) is 0.714. The molecule has 0 heterocycles. The number of Topliss-reactive ketones (excluding diaryl/α,β-unsaturated/α-hetero) is 1. The summed E-state index contributed by atoms with van der Waals surface area (Å²) in [5, 5.41) is 0. The molecule has 3 nitrogen and oxygen atoms in total. The number of methoxy groups -OCH3 is 1. The highest BCUT2D eigenvalue weighted by atomic mass is 16.5. The minimum Gasteiger partial charge on any atom is -0.469 e. The quantitative estimate of drug-likeness (QED) is 0.247. The van der Waals surface area contributed by atoms with Crippen molar-refractivity contribution in [2.45, 2.75) is 90.4 Å². The van der Waals surface area contributed by atoms with Gasteiger partial charge in [-0.2, -0.15) is 0 Å². The van der Waals surface area contributed by atoms with Crippen molar-refractivity contribution in [1.82, 2.24) is 0 Å². The maximum absolute atomic E-state index is 12.0. The molecule has 0 aromatic rings. The fourth-order valence-electron chi connectivity index (χ4n) is 3.13. The van der Waals surface area contributed by atoms with Gasteiger partial charge in [0.2, 0.25) is 0 Å². The molecule has 0 saturated heterocycles. The van der Waals surface area contributed by atoms with E-state index in [1.807, 2.05) is 0 Å². The number of ketones is 1. The zero-order valence-corrected chi connectivity index (χ0v) is 15.6. The van der Waals surface area contributed by atoms with Crippen molar-refractivity contribution >= 4 is 11.8 Å². The molecule has 0 amide bonds. The number of ether oxygens (including phenoxy) is 1. The minimum atomic E-state index is -0.136. The largest absolute Gasteiger partial charge is 0.469 e. The molecule has 0 bridgehead atoms. The van der Waals surface area contributed by atoms with Crippen LogP contribution < -0.4 is 0 Å². The van der Waals surface area contributed by atoms with Crippen LogP contribution in [-0.2, 0) is 14.3 Å². The van der Waals surface area contributed by atoms with Crippen molar-refractivity contribution in [2.24, 2.45) is 0 Å². The summed E-state index contributed by atoms with van der Waals surface area (Å²) in [5.41, 5.74) is 2.24. The van der Waals surface area contributed by atoms with Crippen LogP contribution in [0.2, 0.25) is 0 Å². The van der Waals surface area contributed by atoms with Gasteiger partial charge in [-0.05, 0) is 37.7 Å². The van der Waals surface area contributed by atoms with E-state index in [4.69, 9.17) is 0 Å². The topological polar surface area (TPSA) is 43.4 Å². The molecule has 0 aromatic heterocycles. The predicted molar refractivity (Wildman–Crippen MR) is 98.9 cm³/mol. The molecular weight excluding hydrogens is 300 g/mol. The van der Waals surface area contributed by atoms with Gasteiger partial charge in [0.15, 0.2) is 5.78 Å². The normalized spacial score (nSPS) is 15.8. The molecule has 0 unspecified atom stereocenters. The standard InChI is InChI=1S/C21H34O3/c1-3-4-5-6-7-10-13-18-16-17-20(22)19(18)14-11-8-9-12-15-21(23)24-2/h14,16H,3-13,15,17H2,1-2H3. The molecule has 0 saturated carbocycles. The molecule has 136 valence electrons. The lowest BCUT2D eigenvalue weighted by Crippen LogP contribution is -1.99. The number of unbranched alkanes of at least 4 members (excludes halogenated alkanes) is 8. The van der Waals surface area contributed by atoms with Crippen LogP contribution in [0.15, 0.2) is 23.3 Å². The lowest BCUT2D eigenvalue weighted by molar-refractivity contribution is -0.140. The fourth-order valence-corrected chi connectivity index (χ4v) is 3.13. The van der Waals surface area contributed by atoms with E-state index >= 15 is 0 Å². The van der Waals surface area contributed by atoms with E-state index in [1.54, 1.807) is 0 Å². The maximum atomic E-state index is 12.0. The lowest BCUT2D eigenvalue weighted by Gasteiger charge is -2.06. The minimum absolute atomic E-state index is 0.136. The number of esters is 1. The van der Waals surface area contributed by atoms with E-state index in [-0.39, 0.29) is 11.8 Å². The van der Waals surface area contributed by atoms with Crippen LogP contribution in [0.5, 0.6) is 0 Å². The zero-order chi connectivity index (χ0) is 17.6. The van der Waals surface area contributed by atoms with Crippen LogP contribution in [0.3, 0.4) is 0 Å². The van der Waals surface area contributed by atoms with E-state index in [0.717, 1.165) is 37.7 Å². The molecule has 0 radical (unpaired) electrons. The summed E-state index contributed by atoms with van der Waals surface area (Å²) in [6, 6.07) is 0. The van der Waals surface area contributed by atoms with Gasteiger partial charge in [0.1, 0.15) is 0 Å². The van der Waals surface area contributed by atoms with Gasteiger partial charge in [-0.25, -0.2) is 0 Å². The first-order valence-electron chi connectivity index (χ1n) is 9.68. The van der Waals surface area contributed by atoms with Crippen LogP contribution in [-0.4, -0.2) is 18.9 Å². The third-order valence-corrected chi connectivity index (χ3v) is 4.64. The molecule has 1 aliphatic rings. The van der Waals surface area contributed by atoms with E-state index in [2.05, 4.69) is 23.8 Å². The van der Waals surface area contributed by atoms with E-state index in [9.17, 15) is 9.59 Å². The maximum Gasteiger partial charge on any atom is 0.305 e. The van der Waals surface area contributed by atoms with Gasteiger partial charge in [-0.3, -0.25) is 9.59 Å². The third kappa shape index (κ3) is 8.47. The van der Waals surface area contributed by atoms with Gasteiger partial charge < -0.3 is 4.74 Å². The zero-order valence-electron chi connectivity index (χ0n) is 15.6. The van der Waals surface area contributed by atoms with Crippen molar-refractivity contribution in [3.05, 3.63) is 23.3 Å². The second-order valence-electron chi connectivity index (χ2n) is 6.67. The first-order valence-corrected chi connectivity index (χ1v) is 9.68. The highest BCUT2D eigenvalue weighted by Crippen LogP contribution is 2.27. The second kappa shape index (κ2) is 13.0. The summed E-state index contributed by atoms with van der Waals surface area (Å²) in [5.74, 6) is 0.147. The van der Waals surface area contributed by atoms with E-state index in [1.165, 1.54) is 51.2 Å². The number of allylic oxidation sites excluding steroid dienone is 4. The molecule has 0 aliphatic heterocycles. The number of carbonyl (C=O) groups is 2. The Labute approximate surface area is 147 Å². The van der Waals surface area contributed by atoms with Gasteiger partial charge >= 0.3 is 5.97 Å². The summed E-state index contributed by atoms with van der Waals surface area (Å²) in [6.45, 7) is 2.24. The summed E-state index contributed by atoms with van der Waals surface area (Å²) in [6.07, 6.45) is 17.9. The molecule has 0 spiro atoms. The Morgan fingerprint density at radius 3 is 2.54 bits per heavy atom. The SMILES string of the molecule is CCCCCCCCC1=CCC(=O)C1=CCCCCCC(=O)OC. The molecule has 1 aliphatic carbocycles. The van der Waals surface area contributed by atoms with Crippen LogP contribution in [0.1, 0.15) is 90.4 Å². The highest BCUT2D eigenvalue weighted by Gasteiger charge is 2.19. The summed E-state index contributed by atoms with van der Waals surface area (Å²) < 4.78 is 4.63. The molecule has 24 heavy (non-hydrogen) atoms. The van der Waals surface area contributed by atoms with Gasteiger partial charge in [0.25, 0.3) is 0 Å². The third-order valence-electron chi connectivity index (χ3n) is 4.64. The molecule has 1 rings (SSSR count). The van der Waals surface area contributed by atoms with Gasteiger partial charge in [0, 0.05) is 18.4 Å². The summed E-state index contributed by atoms with van der Waals surface area (Å²) in [4.78, 5) is 23.1. The summed E-state index contributed by atoms with van der Waals surface area (Å²) in [7, 11) is 1.43. The van der Waals surface area contributed by atoms with Crippen LogP contribution >= 0.6 is 0 Å². The Kier molecular flexibility index (Phi) is 11.2. The predicted octanol–water partition coefficient (Wildman–Crippen LogP) is 5.69. The van der Waals surface area contributed by atoms with Crippen LogP contribution in [0.25, 0.3) is 0 Å². The number of hydrogen-bond donors (Lipinski definition) is 0. The van der Waals surface area contributed by atoms with Crippen molar-refractivity contribution in [3.8, 4) is 0 Å². The van der Waals surface area contributed by atoms with Gasteiger partial charge in [-0.15, -0.1) is 0 Å². The molecule has 0 atom stereocenters. The lowest BCUT2D eigenvalue weighted by atomic mass is 9.99. The van der Waals surface area contributed by atoms with Crippen molar-refractivity contribution in [2.75, 3.05) is 7.11 Å². The van der Waals surface area contributed by atoms with Gasteiger partial charge in [0.05, 0.1) is 7.11 Å². The molecule has 0 aromatic carbocycles. The number of carbonyl (C=O) groups excluding carboxylic acids is 2. The molecule has 3 heteroatoms. The molecule has 0 fully saturated rings.